The van der Waals surface area contributed by atoms with Crippen LogP contribution in [0.3, 0.4) is 0 Å². The van der Waals surface area contributed by atoms with Gasteiger partial charge < -0.3 is 15.8 Å². The number of hydrogen-bond acceptors (Lipinski definition) is 5. The maximum absolute atomic E-state index is 6.15. The van der Waals surface area contributed by atoms with E-state index in [0.717, 1.165) is 0 Å². The van der Waals surface area contributed by atoms with Crippen LogP contribution in [-0.4, -0.2) is 9.97 Å². The number of nitrogens with one attached hydrogen (secondary N) is 1. The Labute approximate surface area is 162 Å². The molecule has 0 aliphatic rings. The Bertz CT molecular complexity index is 894. The largest absolute Gasteiger partial charge is 0.437 e. The standard InChI is InChI=1S/C19H18Cl2N4O/c1-11(2)12-3-5-16(6-4-12)26-19-17(22)18(23-10-24-19)25-15-8-13(20)7-14(21)9-15/h3-11H,22H2,1-2H3,(H,23,24,25). The first-order valence-electron chi connectivity index (χ1n) is 8.04. The molecule has 3 aromatic rings. The van der Waals surface area contributed by atoms with Gasteiger partial charge >= 0.3 is 0 Å². The minimum Gasteiger partial charge on any atom is -0.437 e. The number of nitrogens with zero attached hydrogens (tertiary/aromatic N) is 2. The molecule has 1 heterocycles. The third kappa shape index (κ3) is 4.36. The van der Waals surface area contributed by atoms with E-state index >= 15 is 0 Å². The van der Waals surface area contributed by atoms with Gasteiger partial charge in [-0.3, -0.25) is 0 Å². The Kier molecular flexibility index (Phi) is 5.49. The second-order valence-electron chi connectivity index (χ2n) is 6.05. The first-order chi connectivity index (χ1) is 12.4. The fourth-order valence-electron chi connectivity index (χ4n) is 2.36. The van der Waals surface area contributed by atoms with E-state index in [9.17, 15) is 0 Å². The van der Waals surface area contributed by atoms with Crippen LogP contribution in [0.25, 0.3) is 0 Å². The number of nitrogen functional groups attached to an aromatic ring is 1. The molecule has 2 aromatic carbocycles. The van der Waals surface area contributed by atoms with Crippen molar-refractivity contribution in [3.05, 3.63) is 64.4 Å². The van der Waals surface area contributed by atoms with Gasteiger partial charge in [-0.25, -0.2) is 4.98 Å². The first kappa shape index (κ1) is 18.3. The van der Waals surface area contributed by atoms with Crippen molar-refractivity contribution in [1.82, 2.24) is 9.97 Å². The van der Waals surface area contributed by atoms with Crippen LogP contribution in [0.4, 0.5) is 17.2 Å². The quantitative estimate of drug-likeness (QED) is 0.558. The summed E-state index contributed by atoms with van der Waals surface area (Å²) in [6, 6.07) is 12.9. The lowest BCUT2D eigenvalue weighted by Crippen LogP contribution is -2.03. The fourth-order valence-corrected chi connectivity index (χ4v) is 2.88. The van der Waals surface area contributed by atoms with Crippen LogP contribution in [-0.2, 0) is 0 Å². The molecule has 0 amide bonds. The maximum Gasteiger partial charge on any atom is 0.248 e. The number of aromatic nitrogens is 2. The molecule has 134 valence electrons. The highest BCUT2D eigenvalue weighted by Crippen LogP contribution is 2.32. The zero-order valence-corrected chi connectivity index (χ0v) is 15.8. The van der Waals surface area contributed by atoms with Crippen LogP contribution < -0.4 is 15.8 Å². The number of anilines is 3. The highest BCUT2D eigenvalue weighted by atomic mass is 35.5. The summed E-state index contributed by atoms with van der Waals surface area (Å²) in [6.07, 6.45) is 1.38. The molecule has 0 aliphatic carbocycles. The summed E-state index contributed by atoms with van der Waals surface area (Å²) in [5.41, 5.74) is 8.34. The van der Waals surface area contributed by atoms with Gasteiger partial charge in [0, 0.05) is 15.7 Å². The molecule has 0 aliphatic heterocycles. The molecule has 0 atom stereocenters. The molecule has 0 spiro atoms. The van der Waals surface area contributed by atoms with E-state index < -0.39 is 0 Å². The van der Waals surface area contributed by atoms with E-state index in [4.69, 9.17) is 33.7 Å². The average molecular weight is 389 g/mol. The molecule has 7 heteroatoms. The molecule has 0 saturated heterocycles. The molecule has 1 aromatic heterocycles. The maximum atomic E-state index is 6.15. The lowest BCUT2D eigenvalue weighted by molar-refractivity contribution is 0.464. The topological polar surface area (TPSA) is 73.1 Å². The Morgan fingerprint density at radius 3 is 2.27 bits per heavy atom. The molecule has 3 rings (SSSR count). The molecule has 5 nitrogen and oxygen atoms in total. The van der Waals surface area contributed by atoms with Crippen molar-refractivity contribution in [3.8, 4) is 11.6 Å². The summed E-state index contributed by atoms with van der Waals surface area (Å²) in [4.78, 5) is 8.28. The van der Waals surface area contributed by atoms with Crippen molar-refractivity contribution in [2.24, 2.45) is 0 Å². The summed E-state index contributed by atoms with van der Waals surface area (Å²) < 4.78 is 5.80. The smallest absolute Gasteiger partial charge is 0.248 e. The summed E-state index contributed by atoms with van der Waals surface area (Å²) in [5.74, 6) is 1.78. The number of benzene rings is 2. The van der Waals surface area contributed by atoms with E-state index in [-0.39, 0.29) is 11.6 Å². The van der Waals surface area contributed by atoms with Gasteiger partial charge in [0.15, 0.2) is 5.82 Å². The SMILES string of the molecule is CC(C)c1ccc(Oc2ncnc(Nc3cc(Cl)cc(Cl)c3)c2N)cc1. The van der Waals surface area contributed by atoms with Crippen molar-refractivity contribution < 1.29 is 4.74 Å². The van der Waals surface area contributed by atoms with Gasteiger partial charge in [0.1, 0.15) is 17.8 Å². The van der Waals surface area contributed by atoms with Gasteiger partial charge in [0.2, 0.25) is 5.88 Å². The Hall–Kier alpha value is -2.50. The fraction of sp³-hybridized carbons (Fsp3) is 0.158. The monoisotopic (exact) mass is 388 g/mol. The highest BCUT2D eigenvalue weighted by molar-refractivity contribution is 6.35. The normalized spacial score (nSPS) is 10.8. The summed E-state index contributed by atoms with van der Waals surface area (Å²) in [5, 5.41) is 4.10. The Balaban J connectivity index is 1.82. The summed E-state index contributed by atoms with van der Waals surface area (Å²) in [6.45, 7) is 4.27. The predicted octanol–water partition coefficient (Wildman–Crippen LogP) is 6.02. The summed E-state index contributed by atoms with van der Waals surface area (Å²) >= 11 is 12.0. The van der Waals surface area contributed by atoms with Gasteiger partial charge in [0.05, 0.1) is 0 Å². The van der Waals surface area contributed by atoms with Crippen molar-refractivity contribution >= 4 is 40.4 Å². The predicted molar refractivity (Wildman–Crippen MR) is 107 cm³/mol. The zero-order chi connectivity index (χ0) is 18.7. The van der Waals surface area contributed by atoms with Gasteiger partial charge in [-0.1, -0.05) is 49.2 Å². The first-order valence-corrected chi connectivity index (χ1v) is 8.79. The van der Waals surface area contributed by atoms with E-state index in [1.807, 2.05) is 24.3 Å². The van der Waals surface area contributed by atoms with E-state index in [1.165, 1.54) is 11.9 Å². The van der Waals surface area contributed by atoms with E-state index in [2.05, 4.69) is 29.1 Å². The van der Waals surface area contributed by atoms with E-state index in [1.54, 1.807) is 18.2 Å². The van der Waals surface area contributed by atoms with Crippen LogP contribution in [0.2, 0.25) is 10.0 Å². The van der Waals surface area contributed by atoms with Crippen molar-refractivity contribution in [2.75, 3.05) is 11.1 Å². The van der Waals surface area contributed by atoms with Gasteiger partial charge in [0.25, 0.3) is 0 Å². The van der Waals surface area contributed by atoms with Crippen molar-refractivity contribution in [3.63, 3.8) is 0 Å². The number of hydrogen-bond donors (Lipinski definition) is 2. The second kappa shape index (κ2) is 7.81. The minimum absolute atomic E-state index is 0.271. The molecular weight excluding hydrogens is 371 g/mol. The number of halogens is 2. The molecule has 0 unspecified atom stereocenters. The van der Waals surface area contributed by atoms with Crippen LogP contribution >= 0.6 is 23.2 Å². The molecule has 0 radical (unpaired) electrons. The van der Waals surface area contributed by atoms with Gasteiger partial charge in [-0.15, -0.1) is 0 Å². The third-order valence-electron chi connectivity index (χ3n) is 3.73. The number of ether oxygens (including phenoxy) is 1. The van der Waals surface area contributed by atoms with Crippen molar-refractivity contribution in [1.29, 1.82) is 0 Å². The molecule has 3 N–H and O–H groups in total. The summed E-state index contributed by atoms with van der Waals surface area (Å²) in [7, 11) is 0. The van der Waals surface area contributed by atoms with Crippen LogP contribution in [0.5, 0.6) is 11.6 Å². The zero-order valence-electron chi connectivity index (χ0n) is 14.3. The van der Waals surface area contributed by atoms with Gasteiger partial charge in [-0.2, -0.15) is 4.98 Å². The Morgan fingerprint density at radius 2 is 1.65 bits per heavy atom. The number of rotatable bonds is 5. The molecule has 0 bridgehead atoms. The number of nitrogens with two attached hydrogens (primary N) is 1. The minimum atomic E-state index is 0.271. The molecular formula is C19H18Cl2N4O. The third-order valence-corrected chi connectivity index (χ3v) is 4.17. The van der Waals surface area contributed by atoms with Gasteiger partial charge in [-0.05, 0) is 41.8 Å². The second-order valence-corrected chi connectivity index (χ2v) is 6.92. The van der Waals surface area contributed by atoms with E-state index in [0.29, 0.717) is 33.2 Å². The molecule has 26 heavy (non-hydrogen) atoms. The van der Waals surface area contributed by atoms with Crippen LogP contribution in [0.1, 0.15) is 25.3 Å². The lowest BCUT2D eigenvalue weighted by Gasteiger charge is -2.13. The lowest BCUT2D eigenvalue weighted by atomic mass is 10.0. The highest BCUT2D eigenvalue weighted by Gasteiger charge is 2.11. The molecule has 0 fully saturated rings. The Morgan fingerprint density at radius 1 is 1.00 bits per heavy atom. The average Bonchev–Trinajstić information content (AvgIpc) is 2.58. The van der Waals surface area contributed by atoms with Crippen molar-refractivity contribution in [2.45, 2.75) is 19.8 Å². The van der Waals surface area contributed by atoms with Crippen LogP contribution in [0.15, 0.2) is 48.8 Å². The van der Waals surface area contributed by atoms with Crippen LogP contribution in [0, 0.1) is 0 Å². The molecule has 0 saturated carbocycles.